The van der Waals surface area contributed by atoms with Crippen LogP contribution in [0, 0.1) is 0 Å². The second-order valence-corrected chi connectivity index (χ2v) is 4.10. The van der Waals surface area contributed by atoms with E-state index in [4.69, 9.17) is 9.94 Å². The van der Waals surface area contributed by atoms with Crippen molar-refractivity contribution in [2.24, 2.45) is 0 Å². The molecule has 2 N–H and O–H groups in total. The van der Waals surface area contributed by atoms with Crippen molar-refractivity contribution in [1.82, 2.24) is 5.06 Å². The molecule has 92 valence electrons. The number of aliphatic carboxylic acids is 1. The van der Waals surface area contributed by atoms with Gasteiger partial charge in [0, 0.05) is 6.42 Å². The summed E-state index contributed by atoms with van der Waals surface area (Å²) in [5.74, 6) is -0.963. The fourth-order valence-electron chi connectivity index (χ4n) is 1.88. The number of hydrogen-bond donors (Lipinski definition) is 2. The Kier molecular flexibility index (Phi) is 3.73. The summed E-state index contributed by atoms with van der Waals surface area (Å²) >= 11 is 0. The van der Waals surface area contributed by atoms with Crippen LogP contribution in [-0.2, 0) is 16.2 Å². The molecule has 0 radical (unpaired) electrons. The standard InChI is InChI=1S/C12H15NO4/c14-10-6-11(12(15)16)13(7-10)17-8-9-4-2-1-3-5-9/h1-5,10-11,14H,6-8H2,(H,15,16). The molecule has 1 aromatic carbocycles. The van der Waals surface area contributed by atoms with E-state index in [1.54, 1.807) is 0 Å². The zero-order chi connectivity index (χ0) is 12.3. The molecule has 0 aromatic heterocycles. The Morgan fingerprint density at radius 2 is 2.12 bits per heavy atom. The van der Waals surface area contributed by atoms with Crippen molar-refractivity contribution in [3.05, 3.63) is 35.9 Å². The molecule has 1 aromatic rings. The molecule has 0 spiro atoms. The Labute approximate surface area is 99.2 Å². The summed E-state index contributed by atoms with van der Waals surface area (Å²) in [6, 6.07) is 8.75. The number of aliphatic hydroxyl groups excluding tert-OH is 1. The molecule has 2 rings (SSSR count). The fourth-order valence-corrected chi connectivity index (χ4v) is 1.88. The van der Waals surface area contributed by atoms with E-state index in [-0.39, 0.29) is 13.0 Å². The van der Waals surface area contributed by atoms with Crippen LogP contribution in [0.4, 0.5) is 0 Å². The first-order valence-corrected chi connectivity index (χ1v) is 5.51. The van der Waals surface area contributed by atoms with Crippen molar-refractivity contribution in [2.45, 2.75) is 25.2 Å². The average molecular weight is 237 g/mol. The van der Waals surface area contributed by atoms with Gasteiger partial charge in [0.05, 0.1) is 19.3 Å². The molecule has 1 fully saturated rings. The van der Waals surface area contributed by atoms with E-state index in [1.165, 1.54) is 5.06 Å². The van der Waals surface area contributed by atoms with E-state index in [0.29, 0.717) is 6.61 Å². The Morgan fingerprint density at radius 1 is 1.41 bits per heavy atom. The molecule has 1 heterocycles. The second kappa shape index (κ2) is 5.27. The fraction of sp³-hybridized carbons (Fsp3) is 0.417. The minimum atomic E-state index is -0.963. The predicted molar refractivity (Wildman–Crippen MR) is 60.0 cm³/mol. The molecule has 0 aliphatic carbocycles. The Morgan fingerprint density at radius 3 is 2.76 bits per heavy atom. The highest BCUT2D eigenvalue weighted by atomic mass is 16.7. The van der Waals surface area contributed by atoms with E-state index in [1.807, 2.05) is 30.3 Å². The maximum absolute atomic E-state index is 10.9. The summed E-state index contributed by atoms with van der Waals surface area (Å²) < 4.78 is 0. The van der Waals surface area contributed by atoms with Crippen LogP contribution in [0.1, 0.15) is 12.0 Å². The van der Waals surface area contributed by atoms with Crippen LogP contribution in [0.5, 0.6) is 0 Å². The van der Waals surface area contributed by atoms with Gasteiger partial charge in [-0.3, -0.25) is 9.63 Å². The van der Waals surface area contributed by atoms with Gasteiger partial charge in [0.25, 0.3) is 0 Å². The first kappa shape index (κ1) is 12.0. The third kappa shape index (κ3) is 3.03. The van der Waals surface area contributed by atoms with E-state index < -0.39 is 18.1 Å². The van der Waals surface area contributed by atoms with Crippen LogP contribution in [-0.4, -0.2) is 39.9 Å². The molecular formula is C12H15NO4. The number of rotatable bonds is 4. The molecule has 0 amide bonds. The number of carbonyl (C=O) groups is 1. The second-order valence-electron chi connectivity index (χ2n) is 4.10. The van der Waals surface area contributed by atoms with E-state index in [0.717, 1.165) is 5.56 Å². The van der Waals surface area contributed by atoms with E-state index in [2.05, 4.69) is 0 Å². The number of nitrogens with zero attached hydrogens (tertiary/aromatic N) is 1. The number of benzene rings is 1. The summed E-state index contributed by atoms with van der Waals surface area (Å²) in [4.78, 5) is 16.4. The Hall–Kier alpha value is -1.43. The van der Waals surface area contributed by atoms with Crippen LogP contribution >= 0.6 is 0 Å². The largest absolute Gasteiger partial charge is 0.480 e. The first-order valence-electron chi connectivity index (χ1n) is 5.51. The molecular weight excluding hydrogens is 222 g/mol. The van der Waals surface area contributed by atoms with Gasteiger partial charge in [-0.1, -0.05) is 30.3 Å². The van der Waals surface area contributed by atoms with Gasteiger partial charge in [0.2, 0.25) is 0 Å². The monoisotopic (exact) mass is 237 g/mol. The van der Waals surface area contributed by atoms with Crippen molar-refractivity contribution >= 4 is 5.97 Å². The molecule has 5 nitrogen and oxygen atoms in total. The van der Waals surface area contributed by atoms with Gasteiger partial charge >= 0.3 is 5.97 Å². The van der Waals surface area contributed by atoms with Gasteiger partial charge in [-0.25, -0.2) is 0 Å². The van der Waals surface area contributed by atoms with E-state index in [9.17, 15) is 9.90 Å². The summed E-state index contributed by atoms with van der Waals surface area (Å²) in [6.07, 6.45) is -0.420. The number of aliphatic hydroxyl groups is 1. The number of β-amino-alcohol motifs (C(OH)–C–C–N with tert-alkyl or cyclic N) is 1. The van der Waals surface area contributed by atoms with Crippen molar-refractivity contribution < 1.29 is 19.8 Å². The molecule has 17 heavy (non-hydrogen) atoms. The van der Waals surface area contributed by atoms with Crippen molar-refractivity contribution in [3.8, 4) is 0 Å². The zero-order valence-corrected chi connectivity index (χ0v) is 9.32. The minimum absolute atomic E-state index is 0.212. The zero-order valence-electron chi connectivity index (χ0n) is 9.32. The predicted octanol–water partition coefficient (Wildman–Crippen LogP) is 0.638. The SMILES string of the molecule is O=C(O)C1CC(O)CN1OCc1ccccc1. The van der Waals surface area contributed by atoms with Crippen molar-refractivity contribution in [2.75, 3.05) is 6.54 Å². The molecule has 1 aliphatic heterocycles. The van der Waals surface area contributed by atoms with Crippen LogP contribution in [0.3, 0.4) is 0 Å². The Balaban J connectivity index is 1.92. The van der Waals surface area contributed by atoms with Gasteiger partial charge in [0.1, 0.15) is 6.04 Å². The smallest absolute Gasteiger partial charge is 0.323 e. The maximum Gasteiger partial charge on any atom is 0.323 e. The highest BCUT2D eigenvalue weighted by Gasteiger charge is 2.36. The lowest BCUT2D eigenvalue weighted by Gasteiger charge is -2.20. The number of hydroxylamine groups is 2. The van der Waals surface area contributed by atoms with E-state index >= 15 is 0 Å². The Bertz CT molecular complexity index is 381. The highest BCUT2D eigenvalue weighted by Crippen LogP contribution is 2.19. The molecule has 0 bridgehead atoms. The topological polar surface area (TPSA) is 70.0 Å². The first-order chi connectivity index (χ1) is 8.16. The molecule has 0 saturated carbocycles. The van der Waals surface area contributed by atoms with Crippen LogP contribution < -0.4 is 0 Å². The van der Waals surface area contributed by atoms with Gasteiger partial charge in [-0.15, -0.1) is 0 Å². The number of carboxylic acid groups (broad SMARTS) is 1. The van der Waals surface area contributed by atoms with Crippen LogP contribution in [0.15, 0.2) is 30.3 Å². The maximum atomic E-state index is 10.9. The molecule has 1 saturated heterocycles. The lowest BCUT2D eigenvalue weighted by Crippen LogP contribution is -2.35. The lowest BCUT2D eigenvalue weighted by atomic mass is 10.2. The molecule has 2 unspecified atom stereocenters. The van der Waals surface area contributed by atoms with Gasteiger partial charge in [0.15, 0.2) is 0 Å². The summed E-state index contributed by atoms with van der Waals surface area (Å²) in [7, 11) is 0. The highest BCUT2D eigenvalue weighted by molar-refractivity contribution is 5.73. The quantitative estimate of drug-likeness (QED) is 0.804. The average Bonchev–Trinajstić information content (AvgIpc) is 2.69. The van der Waals surface area contributed by atoms with Crippen molar-refractivity contribution in [1.29, 1.82) is 0 Å². The molecule has 1 aliphatic rings. The number of hydrogen-bond acceptors (Lipinski definition) is 4. The molecule has 2 atom stereocenters. The van der Waals surface area contributed by atoms with Gasteiger partial charge in [-0.2, -0.15) is 5.06 Å². The van der Waals surface area contributed by atoms with Gasteiger partial charge < -0.3 is 10.2 Å². The van der Waals surface area contributed by atoms with Crippen LogP contribution in [0.25, 0.3) is 0 Å². The normalized spacial score (nSPS) is 25.0. The summed E-state index contributed by atoms with van der Waals surface area (Å²) in [5.41, 5.74) is 0.970. The number of carboxylic acids is 1. The van der Waals surface area contributed by atoms with Gasteiger partial charge in [-0.05, 0) is 5.56 Å². The summed E-state index contributed by atoms with van der Waals surface area (Å²) in [6.45, 7) is 0.557. The minimum Gasteiger partial charge on any atom is -0.480 e. The van der Waals surface area contributed by atoms with Crippen molar-refractivity contribution in [3.63, 3.8) is 0 Å². The molecule has 5 heteroatoms. The third-order valence-electron chi connectivity index (χ3n) is 2.76. The van der Waals surface area contributed by atoms with Crippen LogP contribution in [0.2, 0.25) is 0 Å². The summed E-state index contributed by atoms with van der Waals surface area (Å²) in [5, 5.41) is 19.7. The third-order valence-corrected chi connectivity index (χ3v) is 2.76. The lowest BCUT2D eigenvalue weighted by molar-refractivity contribution is -0.194.